The van der Waals surface area contributed by atoms with E-state index in [0.717, 1.165) is 13.1 Å². The molecule has 25 heavy (non-hydrogen) atoms. The largest absolute Gasteiger partial charge is 0.379 e. The lowest BCUT2D eigenvalue weighted by Crippen LogP contribution is -2.47. The van der Waals surface area contributed by atoms with Gasteiger partial charge in [0.2, 0.25) is 10.0 Å². The van der Waals surface area contributed by atoms with Gasteiger partial charge in [-0.25, -0.2) is 8.42 Å². The Morgan fingerprint density at radius 1 is 1.04 bits per heavy atom. The number of benzene rings is 1. The first-order valence-corrected chi connectivity index (χ1v) is 9.58. The Kier molecular flexibility index (Phi) is 6.81. The summed E-state index contributed by atoms with van der Waals surface area (Å²) in [5.41, 5.74) is 0.425. The summed E-state index contributed by atoms with van der Waals surface area (Å²) in [7, 11) is -1.56. The van der Waals surface area contributed by atoms with Crippen LogP contribution in [0.2, 0.25) is 0 Å². The predicted molar refractivity (Wildman–Crippen MR) is 96.7 cm³/mol. The molecule has 140 valence electrons. The molecule has 0 aromatic heterocycles. The van der Waals surface area contributed by atoms with Crippen LogP contribution in [0.5, 0.6) is 0 Å². The first-order chi connectivity index (χ1) is 11.5. The van der Waals surface area contributed by atoms with E-state index in [2.05, 4.69) is 4.90 Å². The number of halogens is 1. The summed E-state index contributed by atoms with van der Waals surface area (Å²) in [5.74, 6) is -0.109. The second kappa shape index (κ2) is 8.46. The highest BCUT2D eigenvalue weighted by molar-refractivity contribution is 7.89. The van der Waals surface area contributed by atoms with E-state index < -0.39 is 10.0 Å². The number of piperazine rings is 1. The van der Waals surface area contributed by atoms with Gasteiger partial charge >= 0.3 is 0 Å². The van der Waals surface area contributed by atoms with Gasteiger partial charge in [-0.2, -0.15) is 4.31 Å². The Morgan fingerprint density at radius 2 is 1.68 bits per heavy atom. The molecule has 2 aliphatic heterocycles. The molecule has 0 atom stereocenters. The third-order valence-corrected chi connectivity index (χ3v) is 6.37. The van der Waals surface area contributed by atoms with Gasteiger partial charge in [0.25, 0.3) is 5.91 Å². The van der Waals surface area contributed by atoms with E-state index in [1.807, 2.05) is 7.05 Å². The number of nitrogens with zero attached hydrogens (tertiary/aromatic N) is 3. The molecule has 0 radical (unpaired) electrons. The minimum absolute atomic E-state index is 0. The van der Waals surface area contributed by atoms with Crippen LogP contribution in [0.25, 0.3) is 0 Å². The van der Waals surface area contributed by atoms with Crippen molar-refractivity contribution in [2.24, 2.45) is 0 Å². The van der Waals surface area contributed by atoms with Gasteiger partial charge in [0.1, 0.15) is 0 Å². The summed E-state index contributed by atoms with van der Waals surface area (Å²) < 4.78 is 32.1. The molecule has 0 N–H and O–H groups in total. The number of sulfonamides is 1. The molecule has 0 unspecified atom stereocenters. The number of hydrogen-bond acceptors (Lipinski definition) is 5. The summed E-state index contributed by atoms with van der Waals surface area (Å²) >= 11 is 0. The summed E-state index contributed by atoms with van der Waals surface area (Å²) in [6.45, 7) is 4.48. The fourth-order valence-corrected chi connectivity index (χ4v) is 4.37. The van der Waals surface area contributed by atoms with E-state index in [-0.39, 0.29) is 23.2 Å². The van der Waals surface area contributed by atoms with Crippen LogP contribution in [0.1, 0.15) is 10.4 Å². The molecule has 0 bridgehead atoms. The lowest BCUT2D eigenvalue weighted by Gasteiger charge is -2.32. The number of ether oxygens (including phenoxy) is 1. The lowest BCUT2D eigenvalue weighted by atomic mass is 10.2. The molecular formula is C16H24ClN3O4S. The van der Waals surface area contributed by atoms with Crippen molar-refractivity contribution in [2.75, 3.05) is 59.5 Å². The Balaban J connectivity index is 0.00000225. The summed E-state index contributed by atoms with van der Waals surface area (Å²) in [6, 6.07) is 6.35. The number of likely N-dealkylation sites (N-methyl/N-ethyl adjacent to an activating group) is 1. The fraction of sp³-hybridized carbons (Fsp3) is 0.562. The maximum Gasteiger partial charge on any atom is 0.253 e. The molecule has 1 aromatic carbocycles. The van der Waals surface area contributed by atoms with Crippen molar-refractivity contribution >= 4 is 28.3 Å². The fourth-order valence-electron chi connectivity index (χ4n) is 2.92. The highest BCUT2D eigenvalue weighted by Crippen LogP contribution is 2.19. The van der Waals surface area contributed by atoms with Gasteiger partial charge in [-0.05, 0) is 25.2 Å². The van der Waals surface area contributed by atoms with Crippen LogP contribution in [0.15, 0.2) is 29.2 Å². The monoisotopic (exact) mass is 389 g/mol. The van der Waals surface area contributed by atoms with Crippen LogP contribution in [0, 0.1) is 0 Å². The molecular weight excluding hydrogens is 366 g/mol. The Morgan fingerprint density at radius 3 is 2.32 bits per heavy atom. The van der Waals surface area contributed by atoms with E-state index in [1.165, 1.54) is 10.4 Å². The molecule has 1 amide bonds. The summed E-state index contributed by atoms with van der Waals surface area (Å²) in [5, 5.41) is 0. The molecule has 9 heteroatoms. The van der Waals surface area contributed by atoms with Crippen LogP contribution < -0.4 is 0 Å². The molecule has 2 saturated heterocycles. The number of amides is 1. The third kappa shape index (κ3) is 4.51. The second-order valence-electron chi connectivity index (χ2n) is 6.14. The summed E-state index contributed by atoms with van der Waals surface area (Å²) in [6.07, 6.45) is 0. The van der Waals surface area contributed by atoms with E-state index >= 15 is 0 Å². The van der Waals surface area contributed by atoms with E-state index in [1.54, 1.807) is 23.1 Å². The van der Waals surface area contributed by atoms with Crippen molar-refractivity contribution in [1.82, 2.24) is 14.1 Å². The first-order valence-electron chi connectivity index (χ1n) is 8.14. The van der Waals surface area contributed by atoms with Crippen molar-refractivity contribution in [2.45, 2.75) is 4.90 Å². The predicted octanol–water partition coefficient (Wildman–Crippen LogP) is 0.517. The Hall–Kier alpha value is -1.19. The number of morpholine rings is 1. The zero-order valence-electron chi connectivity index (χ0n) is 14.3. The van der Waals surface area contributed by atoms with E-state index in [0.29, 0.717) is 45.0 Å². The zero-order valence-corrected chi connectivity index (χ0v) is 15.9. The van der Waals surface area contributed by atoms with Crippen LogP contribution in [-0.2, 0) is 14.8 Å². The molecule has 0 saturated carbocycles. The van der Waals surface area contributed by atoms with Crippen molar-refractivity contribution in [3.63, 3.8) is 0 Å². The highest BCUT2D eigenvalue weighted by atomic mass is 35.5. The van der Waals surface area contributed by atoms with Crippen LogP contribution in [0.3, 0.4) is 0 Å². The van der Waals surface area contributed by atoms with E-state index in [4.69, 9.17) is 4.74 Å². The molecule has 2 fully saturated rings. The zero-order chi connectivity index (χ0) is 17.2. The average molecular weight is 390 g/mol. The van der Waals surface area contributed by atoms with Gasteiger partial charge in [-0.1, -0.05) is 6.07 Å². The van der Waals surface area contributed by atoms with Gasteiger partial charge in [-0.3, -0.25) is 4.79 Å². The van der Waals surface area contributed by atoms with Crippen molar-refractivity contribution in [3.8, 4) is 0 Å². The topological polar surface area (TPSA) is 70.2 Å². The van der Waals surface area contributed by atoms with Gasteiger partial charge < -0.3 is 14.5 Å². The van der Waals surface area contributed by atoms with Gasteiger partial charge in [-0.15, -0.1) is 12.4 Å². The Labute approximate surface area is 155 Å². The van der Waals surface area contributed by atoms with Crippen molar-refractivity contribution < 1.29 is 17.9 Å². The molecule has 0 spiro atoms. The second-order valence-corrected chi connectivity index (χ2v) is 8.08. The minimum atomic E-state index is -3.58. The molecule has 2 heterocycles. The van der Waals surface area contributed by atoms with Gasteiger partial charge in [0, 0.05) is 44.8 Å². The quantitative estimate of drug-likeness (QED) is 0.753. The van der Waals surface area contributed by atoms with Gasteiger partial charge in [0.15, 0.2) is 0 Å². The Bertz CT molecular complexity index is 699. The smallest absolute Gasteiger partial charge is 0.253 e. The van der Waals surface area contributed by atoms with Crippen LogP contribution >= 0.6 is 12.4 Å². The van der Waals surface area contributed by atoms with Crippen molar-refractivity contribution in [1.29, 1.82) is 0 Å². The highest BCUT2D eigenvalue weighted by Gasteiger charge is 2.28. The molecule has 0 aliphatic carbocycles. The minimum Gasteiger partial charge on any atom is -0.379 e. The number of carbonyl (C=O) groups is 1. The number of hydrogen-bond donors (Lipinski definition) is 0. The average Bonchev–Trinajstić information content (AvgIpc) is 2.62. The molecule has 7 nitrogen and oxygen atoms in total. The SMILES string of the molecule is CN1CCN(C(=O)c2cccc(S(=O)(=O)N3CCOCC3)c2)CC1.Cl. The summed E-state index contributed by atoms with van der Waals surface area (Å²) in [4.78, 5) is 16.8. The maximum atomic E-state index is 12.7. The van der Waals surface area contributed by atoms with Crippen LogP contribution in [0.4, 0.5) is 0 Å². The number of rotatable bonds is 3. The van der Waals surface area contributed by atoms with Crippen LogP contribution in [-0.4, -0.2) is 88.0 Å². The normalized spacial score (nSPS) is 20.1. The first kappa shape index (κ1) is 20.1. The molecule has 3 rings (SSSR count). The third-order valence-electron chi connectivity index (χ3n) is 4.48. The number of carbonyl (C=O) groups excluding carboxylic acids is 1. The van der Waals surface area contributed by atoms with E-state index in [9.17, 15) is 13.2 Å². The van der Waals surface area contributed by atoms with Crippen molar-refractivity contribution in [3.05, 3.63) is 29.8 Å². The maximum absolute atomic E-state index is 12.7. The standard InChI is InChI=1S/C16H23N3O4S.ClH/c1-17-5-7-18(8-6-17)16(20)14-3-2-4-15(13-14)24(21,22)19-9-11-23-12-10-19;/h2-4,13H,5-12H2,1H3;1H. The lowest BCUT2D eigenvalue weighted by molar-refractivity contribution is 0.0663. The van der Waals surface area contributed by atoms with Gasteiger partial charge in [0.05, 0.1) is 18.1 Å². The molecule has 1 aromatic rings. The molecule has 2 aliphatic rings.